The number of rotatable bonds is 12. The molecule has 3 heterocycles. The van der Waals surface area contributed by atoms with Crippen molar-refractivity contribution in [3.8, 4) is 45.7 Å². The van der Waals surface area contributed by atoms with Gasteiger partial charge in [0.05, 0.1) is 43.8 Å². The van der Waals surface area contributed by atoms with Gasteiger partial charge in [0.2, 0.25) is 11.8 Å². The molecule has 2 aromatic carbocycles. The van der Waals surface area contributed by atoms with Gasteiger partial charge in [0.15, 0.2) is 12.1 Å². The summed E-state index contributed by atoms with van der Waals surface area (Å²) in [4.78, 5) is 34.5. The quantitative estimate of drug-likeness (QED) is 0.136. The molecule has 1 aliphatic carbocycles. The number of ether oxygens (including phenoxy) is 3. The Kier molecular flexibility index (Phi) is 10.1. The minimum atomic E-state index is -0.717. The molecule has 0 bridgehead atoms. The van der Waals surface area contributed by atoms with Crippen LogP contribution in [-0.2, 0) is 11.3 Å². The van der Waals surface area contributed by atoms with Crippen molar-refractivity contribution in [1.29, 1.82) is 0 Å². The number of carboxylic acids is 1. The van der Waals surface area contributed by atoms with Gasteiger partial charge in [-0.2, -0.15) is 10.1 Å². The lowest BCUT2D eigenvalue weighted by Crippen LogP contribution is -2.35. The number of nitrogens with zero attached hydrogens (tertiary/aromatic N) is 5. The van der Waals surface area contributed by atoms with E-state index in [-0.39, 0.29) is 23.8 Å². The zero-order chi connectivity index (χ0) is 34.7. The predicted octanol–water partition coefficient (Wildman–Crippen LogP) is 7.11. The molecule has 0 unspecified atom stereocenters. The first-order valence-electron chi connectivity index (χ1n) is 16.1. The summed E-state index contributed by atoms with van der Waals surface area (Å²) in [5.74, 6) is 0.972. The molecule has 1 saturated carbocycles. The van der Waals surface area contributed by atoms with E-state index >= 15 is 0 Å². The van der Waals surface area contributed by atoms with Crippen LogP contribution in [0.25, 0.3) is 39.1 Å². The fourth-order valence-corrected chi connectivity index (χ4v) is 7.12. The van der Waals surface area contributed by atoms with E-state index in [9.17, 15) is 9.59 Å². The van der Waals surface area contributed by atoms with Crippen LogP contribution in [0, 0.1) is 5.92 Å². The highest BCUT2D eigenvalue weighted by Crippen LogP contribution is 2.40. The summed E-state index contributed by atoms with van der Waals surface area (Å²) in [6.07, 6.45) is 6.45. The van der Waals surface area contributed by atoms with Gasteiger partial charge in [-0.25, -0.2) is 9.67 Å². The van der Waals surface area contributed by atoms with Crippen molar-refractivity contribution in [2.75, 3.05) is 28.4 Å². The highest BCUT2D eigenvalue weighted by atomic mass is 35.5. The molecule has 0 atom stereocenters. The number of aliphatic carboxylic acids is 1. The number of aldehydes is 1. The van der Waals surface area contributed by atoms with Crippen molar-refractivity contribution in [3.63, 3.8) is 0 Å². The Balaban J connectivity index is 1.28. The lowest BCUT2D eigenvalue weighted by atomic mass is 9.83. The standard InChI is InChI=1S/C37H38ClN5O6/c1-42(24-14-11-22(12-15-24)17-34(45)46)20-23-13-16-30(40-36(23)48-3)27-9-5-8-26(35(27)38)25-7-6-10-31-28(25)19-39-43(31)33-18-32(47-2)29(21-44)37(41-33)49-4/h5-10,13,16,18-19,21-22,24H,11-12,14-15,17,20H2,1-4H3,(H,45,46). The van der Waals surface area contributed by atoms with Crippen molar-refractivity contribution >= 4 is 34.8 Å². The van der Waals surface area contributed by atoms with Gasteiger partial charge in [0, 0.05) is 47.2 Å². The number of pyridine rings is 2. The van der Waals surface area contributed by atoms with Crippen LogP contribution in [0.15, 0.2) is 60.8 Å². The molecule has 12 heteroatoms. The molecule has 11 nitrogen and oxygen atoms in total. The Hall–Kier alpha value is -5.00. The molecule has 0 saturated heterocycles. The van der Waals surface area contributed by atoms with E-state index in [0.717, 1.165) is 58.8 Å². The molecular formula is C37H38ClN5O6. The van der Waals surface area contributed by atoms with Gasteiger partial charge >= 0.3 is 5.97 Å². The third-order valence-corrected chi connectivity index (χ3v) is 9.76. The summed E-state index contributed by atoms with van der Waals surface area (Å²) in [7, 11) is 6.65. The lowest BCUT2D eigenvalue weighted by molar-refractivity contribution is -0.138. The molecule has 5 aromatic rings. The number of benzene rings is 2. The lowest BCUT2D eigenvalue weighted by Gasteiger charge is -2.34. The molecule has 0 amide bonds. The summed E-state index contributed by atoms with van der Waals surface area (Å²) in [5, 5.41) is 15.2. The van der Waals surface area contributed by atoms with Crippen molar-refractivity contribution < 1.29 is 28.9 Å². The monoisotopic (exact) mass is 683 g/mol. The third-order valence-electron chi connectivity index (χ3n) is 9.35. The van der Waals surface area contributed by atoms with Gasteiger partial charge in [-0.1, -0.05) is 48.0 Å². The molecule has 1 N–H and O–H groups in total. The molecule has 3 aromatic heterocycles. The maximum absolute atomic E-state index is 11.7. The van der Waals surface area contributed by atoms with Crippen LogP contribution in [0.2, 0.25) is 5.02 Å². The average molecular weight is 684 g/mol. The van der Waals surface area contributed by atoms with Gasteiger partial charge in [-0.3, -0.25) is 14.5 Å². The number of carbonyl (C=O) groups is 2. The summed E-state index contributed by atoms with van der Waals surface area (Å²) in [6, 6.07) is 17.7. The van der Waals surface area contributed by atoms with Gasteiger partial charge in [0.1, 0.15) is 11.3 Å². The summed E-state index contributed by atoms with van der Waals surface area (Å²) in [5.41, 5.74) is 5.10. The number of hydrogen-bond acceptors (Lipinski definition) is 9. The second-order valence-electron chi connectivity index (χ2n) is 12.2. The van der Waals surface area contributed by atoms with Crippen LogP contribution in [0.5, 0.6) is 17.5 Å². The molecule has 0 aliphatic heterocycles. The largest absolute Gasteiger partial charge is 0.496 e. The first-order chi connectivity index (χ1) is 23.8. The van der Waals surface area contributed by atoms with E-state index in [1.54, 1.807) is 24.1 Å². The molecule has 1 aliphatic rings. The van der Waals surface area contributed by atoms with Crippen LogP contribution < -0.4 is 14.2 Å². The summed E-state index contributed by atoms with van der Waals surface area (Å²) >= 11 is 7.15. The van der Waals surface area contributed by atoms with E-state index in [0.29, 0.717) is 47.0 Å². The Morgan fingerprint density at radius 3 is 2.37 bits per heavy atom. The third kappa shape index (κ3) is 6.81. The molecule has 0 spiro atoms. The predicted molar refractivity (Wildman–Crippen MR) is 187 cm³/mol. The SMILES string of the molecule is COc1cc(-n2ncc3c(-c4cccc(-c5ccc(CN(C)C6CCC(CC(=O)O)CC6)c(OC)n5)c4Cl)cccc32)nc(OC)c1C=O. The highest BCUT2D eigenvalue weighted by Gasteiger charge is 2.26. The Morgan fingerprint density at radius 1 is 0.959 bits per heavy atom. The number of halogens is 1. The fourth-order valence-electron chi connectivity index (χ4n) is 6.80. The molecule has 49 heavy (non-hydrogen) atoms. The van der Waals surface area contributed by atoms with Crippen molar-refractivity contribution in [2.24, 2.45) is 5.92 Å². The van der Waals surface area contributed by atoms with Crippen molar-refractivity contribution in [2.45, 2.75) is 44.7 Å². The summed E-state index contributed by atoms with van der Waals surface area (Å²) in [6.45, 7) is 0.662. The van der Waals surface area contributed by atoms with Crippen molar-refractivity contribution in [1.82, 2.24) is 24.6 Å². The van der Waals surface area contributed by atoms with E-state index < -0.39 is 5.97 Å². The Bertz CT molecular complexity index is 1980. The fraction of sp³-hybridized carbons (Fsp3) is 0.324. The molecular weight excluding hydrogens is 646 g/mol. The van der Waals surface area contributed by atoms with Crippen LogP contribution in [0.1, 0.15) is 48.0 Å². The number of carboxylic acid groups (broad SMARTS) is 1. The van der Waals surface area contributed by atoms with Crippen molar-refractivity contribution in [3.05, 3.63) is 76.9 Å². The minimum absolute atomic E-state index is 0.139. The zero-order valence-electron chi connectivity index (χ0n) is 27.9. The van der Waals surface area contributed by atoms with Gasteiger partial charge < -0.3 is 19.3 Å². The number of hydrogen-bond donors (Lipinski definition) is 1. The maximum Gasteiger partial charge on any atom is 0.303 e. The van der Waals surface area contributed by atoms with Crippen LogP contribution in [0.4, 0.5) is 0 Å². The normalized spacial score (nSPS) is 16.1. The topological polar surface area (TPSA) is 129 Å². The van der Waals surface area contributed by atoms with Crippen LogP contribution in [-0.4, -0.2) is 76.4 Å². The van der Waals surface area contributed by atoms with Gasteiger partial charge in [-0.15, -0.1) is 0 Å². The Labute approximate surface area is 289 Å². The highest BCUT2D eigenvalue weighted by molar-refractivity contribution is 6.36. The second-order valence-corrected chi connectivity index (χ2v) is 12.6. The summed E-state index contributed by atoms with van der Waals surface area (Å²) < 4.78 is 18.2. The zero-order valence-corrected chi connectivity index (χ0v) is 28.6. The number of fused-ring (bicyclic) bond motifs is 1. The van der Waals surface area contributed by atoms with E-state index in [4.69, 9.17) is 35.9 Å². The second kappa shape index (κ2) is 14.6. The van der Waals surface area contributed by atoms with E-state index in [1.165, 1.54) is 14.2 Å². The first kappa shape index (κ1) is 33.9. The molecule has 1 fully saturated rings. The van der Waals surface area contributed by atoms with Gasteiger partial charge in [-0.05, 0) is 56.3 Å². The Morgan fingerprint density at radius 2 is 1.67 bits per heavy atom. The van der Waals surface area contributed by atoms with E-state index in [1.807, 2.05) is 48.5 Å². The van der Waals surface area contributed by atoms with Crippen LogP contribution >= 0.6 is 11.6 Å². The number of aromatic nitrogens is 4. The van der Waals surface area contributed by atoms with Gasteiger partial charge in [0.25, 0.3) is 0 Å². The van der Waals surface area contributed by atoms with Crippen LogP contribution in [0.3, 0.4) is 0 Å². The maximum atomic E-state index is 11.7. The number of carbonyl (C=O) groups excluding carboxylic acids is 1. The molecule has 0 radical (unpaired) electrons. The molecule has 6 rings (SSSR count). The smallest absolute Gasteiger partial charge is 0.303 e. The average Bonchev–Trinajstić information content (AvgIpc) is 3.56. The minimum Gasteiger partial charge on any atom is -0.496 e. The first-order valence-corrected chi connectivity index (χ1v) is 16.4. The number of methoxy groups -OCH3 is 3. The van der Waals surface area contributed by atoms with E-state index in [2.05, 4.69) is 22.0 Å². The molecule has 254 valence electrons.